The Hall–Kier alpha value is -2.69. The molecule has 1 aromatic rings. The van der Waals surface area contributed by atoms with Gasteiger partial charge in [0, 0.05) is 23.7 Å². The van der Waals surface area contributed by atoms with Crippen LogP contribution in [0.2, 0.25) is 0 Å². The number of hydroxylamine groups is 2. The molecular formula is C21H33NO9. The molecule has 0 bridgehead atoms. The molecule has 0 unspecified atom stereocenters. The third kappa shape index (κ3) is 10.8. The molecule has 10 heteroatoms. The molecule has 0 radical (unpaired) electrons. The van der Waals surface area contributed by atoms with E-state index in [4.69, 9.17) is 19.3 Å². The lowest BCUT2D eigenvalue weighted by Crippen LogP contribution is -2.39. The van der Waals surface area contributed by atoms with Crippen LogP contribution in [0.25, 0.3) is 0 Å². The normalized spacial score (nSPS) is 10.9. The van der Waals surface area contributed by atoms with Crippen LogP contribution in [0.1, 0.15) is 52.5 Å². The van der Waals surface area contributed by atoms with Crippen LogP contribution in [0, 0.1) is 0 Å². The molecule has 0 saturated carbocycles. The van der Waals surface area contributed by atoms with Gasteiger partial charge >= 0.3 is 17.9 Å². The second-order valence-corrected chi connectivity index (χ2v) is 7.71. The largest absolute Gasteiger partial charge is 0.493 e. The SMILES string of the molecule is CCCCOC(=O)Cc1ccc(OC(=O)C(=O)O)cc1OCCCN(O)C(C)(C)C.O. The van der Waals surface area contributed by atoms with Crippen LogP contribution in [-0.4, -0.2) is 64.1 Å². The van der Waals surface area contributed by atoms with Gasteiger partial charge in [0.05, 0.1) is 19.6 Å². The van der Waals surface area contributed by atoms with Crippen molar-refractivity contribution in [2.75, 3.05) is 19.8 Å². The van der Waals surface area contributed by atoms with Crippen LogP contribution in [0.3, 0.4) is 0 Å². The fourth-order valence-corrected chi connectivity index (χ4v) is 2.30. The van der Waals surface area contributed by atoms with Gasteiger partial charge in [-0.25, -0.2) is 9.59 Å². The van der Waals surface area contributed by atoms with Crippen molar-refractivity contribution < 1.29 is 44.4 Å². The molecule has 0 aliphatic carbocycles. The van der Waals surface area contributed by atoms with Crippen molar-refractivity contribution in [3.63, 3.8) is 0 Å². The van der Waals surface area contributed by atoms with Gasteiger partial charge in [-0.05, 0) is 39.7 Å². The van der Waals surface area contributed by atoms with Crippen LogP contribution < -0.4 is 9.47 Å². The van der Waals surface area contributed by atoms with E-state index in [1.807, 2.05) is 27.7 Å². The average molecular weight is 443 g/mol. The molecule has 0 aliphatic rings. The van der Waals surface area contributed by atoms with Gasteiger partial charge in [0.2, 0.25) is 0 Å². The summed E-state index contributed by atoms with van der Waals surface area (Å²) in [6.07, 6.45) is 2.12. The molecule has 31 heavy (non-hydrogen) atoms. The van der Waals surface area contributed by atoms with Gasteiger partial charge in [-0.3, -0.25) is 4.79 Å². The molecule has 0 spiro atoms. The highest BCUT2D eigenvalue weighted by Crippen LogP contribution is 2.26. The third-order valence-corrected chi connectivity index (χ3v) is 4.07. The zero-order chi connectivity index (χ0) is 22.7. The Morgan fingerprint density at radius 1 is 1.10 bits per heavy atom. The summed E-state index contributed by atoms with van der Waals surface area (Å²) in [7, 11) is 0. The van der Waals surface area contributed by atoms with E-state index in [1.54, 1.807) is 0 Å². The summed E-state index contributed by atoms with van der Waals surface area (Å²) in [5.41, 5.74) is 0.113. The maximum Gasteiger partial charge on any atom is 0.422 e. The number of esters is 2. The van der Waals surface area contributed by atoms with E-state index < -0.39 is 23.4 Å². The number of carbonyl (C=O) groups is 3. The summed E-state index contributed by atoms with van der Waals surface area (Å²) in [5, 5.41) is 19.8. The summed E-state index contributed by atoms with van der Waals surface area (Å²) in [6.45, 7) is 8.53. The minimum atomic E-state index is -1.72. The monoisotopic (exact) mass is 443 g/mol. The first-order chi connectivity index (χ1) is 14.0. The molecule has 0 amide bonds. The van der Waals surface area contributed by atoms with Crippen LogP contribution in [0.4, 0.5) is 0 Å². The van der Waals surface area contributed by atoms with Gasteiger partial charge < -0.3 is 30.0 Å². The van der Waals surface area contributed by atoms with Gasteiger partial charge in [0.15, 0.2) is 0 Å². The zero-order valence-electron chi connectivity index (χ0n) is 18.5. The maximum absolute atomic E-state index is 12.0. The lowest BCUT2D eigenvalue weighted by atomic mass is 10.1. The first kappa shape index (κ1) is 28.3. The number of unbranched alkanes of at least 4 members (excludes halogenated alkanes) is 1. The number of carboxylic acids is 1. The number of aliphatic carboxylic acids is 1. The molecule has 4 N–H and O–H groups in total. The number of rotatable bonds is 11. The third-order valence-electron chi connectivity index (χ3n) is 4.07. The van der Waals surface area contributed by atoms with E-state index >= 15 is 0 Å². The topological polar surface area (TPSA) is 154 Å². The molecule has 0 aromatic heterocycles. The van der Waals surface area contributed by atoms with Crippen molar-refractivity contribution in [1.82, 2.24) is 5.06 Å². The highest BCUT2D eigenvalue weighted by molar-refractivity contribution is 6.29. The molecule has 0 fully saturated rings. The molecule has 1 rings (SSSR count). The molecule has 0 saturated heterocycles. The Labute approximate surface area is 182 Å². The minimum absolute atomic E-state index is 0. The number of nitrogens with zero attached hydrogens (tertiary/aromatic N) is 1. The maximum atomic E-state index is 12.0. The summed E-state index contributed by atoms with van der Waals surface area (Å²) >= 11 is 0. The van der Waals surface area contributed by atoms with Gasteiger partial charge in [-0.2, -0.15) is 5.06 Å². The van der Waals surface area contributed by atoms with Gasteiger partial charge in [0.25, 0.3) is 0 Å². The molecule has 0 aliphatic heterocycles. The van der Waals surface area contributed by atoms with E-state index in [2.05, 4.69) is 0 Å². The number of carbonyl (C=O) groups excluding carboxylic acids is 2. The van der Waals surface area contributed by atoms with Crippen LogP contribution in [0.5, 0.6) is 11.5 Å². The molecule has 0 heterocycles. The Balaban J connectivity index is 0.00000900. The molecular weight excluding hydrogens is 410 g/mol. The molecule has 0 atom stereocenters. The number of ether oxygens (including phenoxy) is 3. The Morgan fingerprint density at radius 2 is 1.77 bits per heavy atom. The summed E-state index contributed by atoms with van der Waals surface area (Å²) < 4.78 is 15.7. The summed E-state index contributed by atoms with van der Waals surface area (Å²) in [6, 6.07) is 4.27. The Morgan fingerprint density at radius 3 is 2.35 bits per heavy atom. The first-order valence-corrected chi connectivity index (χ1v) is 9.87. The first-order valence-electron chi connectivity index (χ1n) is 9.87. The lowest BCUT2D eigenvalue weighted by molar-refractivity contribution is -0.158. The van der Waals surface area contributed by atoms with E-state index in [-0.39, 0.29) is 30.0 Å². The van der Waals surface area contributed by atoms with Gasteiger partial charge in [0.1, 0.15) is 11.5 Å². The van der Waals surface area contributed by atoms with Crippen molar-refractivity contribution in [2.24, 2.45) is 0 Å². The highest BCUT2D eigenvalue weighted by Gasteiger charge is 2.19. The second kappa shape index (κ2) is 13.6. The van der Waals surface area contributed by atoms with Crippen LogP contribution in [-0.2, 0) is 25.5 Å². The number of benzene rings is 1. The quantitative estimate of drug-likeness (QED) is 0.172. The predicted molar refractivity (Wildman–Crippen MR) is 111 cm³/mol. The minimum Gasteiger partial charge on any atom is -0.493 e. The lowest BCUT2D eigenvalue weighted by Gasteiger charge is -2.29. The fourth-order valence-electron chi connectivity index (χ4n) is 2.30. The smallest absolute Gasteiger partial charge is 0.422 e. The average Bonchev–Trinajstić information content (AvgIpc) is 2.66. The standard InChI is InChI=1S/C21H31NO8.H2O/c1-5-6-11-29-18(23)13-15-8-9-16(30-20(26)19(24)25)14-17(15)28-12-7-10-22(27)21(2,3)4;/h8-9,14,27H,5-7,10-13H2,1-4H3,(H,24,25);1H2. The highest BCUT2D eigenvalue weighted by atomic mass is 16.6. The number of carboxylic acid groups (broad SMARTS) is 1. The van der Waals surface area contributed by atoms with Gasteiger partial charge in [-0.1, -0.05) is 19.4 Å². The van der Waals surface area contributed by atoms with Gasteiger partial charge in [-0.15, -0.1) is 0 Å². The number of hydrogen-bond donors (Lipinski definition) is 2. The van der Waals surface area contributed by atoms with Crippen molar-refractivity contribution in [1.29, 1.82) is 0 Å². The Kier molecular flexibility index (Phi) is 12.4. The molecule has 1 aromatic carbocycles. The van der Waals surface area contributed by atoms with Crippen molar-refractivity contribution >= 4 is 17.9 Å². The molecule has 10 nitrogen and oxygen atoms in total. The summed E-state index contributed by atoms with van der Waals surface area (Å²) in [5.74, 6) is -3.30. The van der Waals surface area contributed by atoms with Crippen LogP contribution in [0.15, 0.2) is 18.2 Å². The predicted octanol–water partition coefficient (Wildman–Crippen LogP) is 2.00. The van der Waals surface area contributed by atoms with E-state index in [9.17, 15) is 19.6 Å². The zero-order valence-corrected chi connectivity index (χ0v) is 18.5. The van der Waals surface area contributed by atoms with Crippen LogP contribution >= 0.6 is 0 Å². The van der Waals surface area contributed by atoms with E-state index in [0.29, 0.717) is 25.1 Å². The summed E-state index contributed by atoms with van der Waals surface area (Å²) in [4.78, 5) is 34.0. The molecule has 176 valence electrons. The van der Waals surface area contributed by atoms with Crippen molar-refractivity contribution in [3.8, 4) is 11.5 Å². The van der Waals surface area contributed by atoms with Crippen molar-refractivity contribution in [2.45, 2.75) is 58.9 Å². The Bertz CT molecular complexity index is 728. The van der Waals surface area contributed by atoms with E-state index in [0.717, 1.165) is 12.8 Å². The van der Waals surface area contributed by atoms with E-state index in [1.165, 1.54) is 23.3 Å². The second-order valence-electron chi connectivity index (χ2n) is 7.71. The fraction of sp³-hybridized carbons (Fsp3) is 0.571. The van der Waals surface area contributed by atoms with Crippen molar-refractivity contribution in [3.05, 3.63) is 23.8 Å². The number of hydrogen-bond acceptors (Lipinski definition) is 8.